The molecule has 0 aromatic heterocycles. The Morgan fingerprint density at radius 3 is 1.38 bits per heavy atom. The first kappa shape index (κ1) is 61.7. The van der Waals surface area contributed by atoms with Gasteiger partial charge in [-0.1, -0.05) is 189 Å². The summed E-state index contributed by atoms with van der Waals surface area (Å²) < 4.78 is 34.7. The fourth-order valence-corrected chi connectivity index (χ4v) is 7.45. The summed E-state index contributed by atoms with van der Waals surface area (Å²) in [6.45, 7) is 5.25. The Balaban J connectivity index is 4.24. The lowest BCUT2D eigenvalue weighted by Crippen LogP contribution is -2.37. The van der Waals surface area contributed by atoms with Crippen molar-refractivity contribution < 1.29 is 37.3 Å². The molecule has 0 aliphatic rings. The van der Waals surface area contributed by atoms with Crippen molar-refractivity contribution in [3.05, 3.63) is 85.1 Å². The van der Waals surface area contributed by atoms with Gasteiger partial charge in [0.25, 0.3) is 7.82 Å². The van der Waals surface area contributed by atoms with Crippen LogP contribution < -0.4 is 4.89 Å². The molecule has 0 amide bonds. The van der Waals surface area contributed by atoms with Gasteiger partial charge in [-0.3, -0.25) is 9.36 Å². The molecule has 9 heteroatoms. The second kappa shape index (κ2) is 47.2. The van der Waals surface area contributed by atoms with E-state index in [1.165, 1.54) is 96.3 Å². The Hall–Kier alpha value is -2.32. The maximum absolute atomic E-state index is 12.7. The van der Waals surface area contributed by atoms with Crippen molar-refractivity contribution in [3.8, 4) is 0 Å². The molecule has 2 unspecified atom stereocenters. The van der Waals surface area contributed by atoms with Crippen LogP contribution in [0.2, 0.25) is 0 Å². The first-order valence-electron chi connectivity index (χ1n) is 25.8. The second-order valence-electron chi connectivity index (χ2n) is 18.1. The van der Waals surface area contributed by atoms with Crippen LogP contribution in [0.3, 0.4) is 0 Å². The third-order valence-corrected chi connectivity index (χ3v) is 11.6. The molecule has 8 nitrogen and oxygen atoms in total. The van der Waals surface area contributed by atoms with Gasteiger partial charge in [-0.05, 0) is 89.9 Å². The van der Waals surface area contributed by atoms with Crippen molar-refractivity contribution in [2.75, 3.05) is 54.1 Å². The molecule has 0 saturated carbocycles. The van der Waals surface area contributed by atoms with E-state index in [0.29, 0.717) is 17.6 Å². The number of rotatable bonds is 47. The van der Waals surface area contributed by atoms with E-state index in [4.69, 9.17) is 18.5 Å². The van der Waals surface area contributed by atoms with Crippen molar-refractivity contribution >= 4 is 13.8 Å². The number of quaternary nitrogens is 1. The van der Waals surface area contributed by atoms with Gasteiger partial charge in [-0.2, -0.15) is 0 Å². The monoisotopic (exact) mass is 916 g/mol. The first-order valence-corrected chi connectivity index (χ1v) is 27.3. The standard InChI is InChI=1S/C55H98NO7P/c1-6-8-10-12-14-16-18-20-22-24-26-27-28-29-30-32-34-36-38-40-42-44-46-48-55(57)63-54(53-62-64(58,59)61-51-49-56(3,4)5)52-60-50-47-45-43-41-39-37-35-33-31-25-23-21-19-17-15-13-11-9-7-2/h8,10,14,16,20,22-23,25-27,29-30,34,36,54H,6-7,9,11-13,15,17-19,21,24,28,31-33,35,37-53H2,1-5H3/b10-8-,16-14-,22-20-,25-23-,27-26-,30-29-,36-34-. The molecule has 0 aliphatic heterocycles. The average Bonchev–Trinajstić information content (AvgIpc) is 3.25. The lowest BCUT2D eigenvalue weighted by molar-refractivity contribution is -0.870. The van der Waals surface area contributed by atoms with Crippen LogP contribution in [-0.2, 0) is 27.9 Å². The highest BCUT2D eigenvalue weighted by atomic mass is 31.2. The number of hydrogen-bond acceptors (Lipinski definition) is 7. The van der Waals surface area contributed by atoms with E-state index < -0.39 is 13.9 Å². The maximum atomic E-state index is 12.7. The zero-order valence-electron chi connectivity index (χ0n) is 42.0. The molecule has 0 rings (SSSR count). The summed E-state index contributed by atoms with van der Waals surface area (Å²) in [6.07, 6.45) is 63.2. The zero-order valence-corrected chi connectivity index (χ0v) is 42.8. The molecular formula is C55H98NO7P. The van der Waals surface area contributed by atoms with Crippen molar-refractivity contribution in [2.45, 2.75) is 206 Å². The first-order chi connectivity index (χ1) is 31.1. The Bertz CT molecular complexity index is 1300. The topological polar surface area (TPSA) is 94.1 Å². The predicted octanol–water partition coefficient (Wildman–Crippen LogP) is 15.4. The van der Waals surface area contributed by atoms with E-state index in [0.717, 1.165) is 83.5 Å². The third kappa shape index (κ3) is 50.7. The Morgan fingerprint density at radius 2 is 0.906 bits per heavy atom. The van der Waals surface area contributed by atoms with Crippen molar-refractivity contribution in [1.82, 2.24) is 0 Å². The number of allylic oxidation sites excluding steroid dienone is 14. The van der Waals surface area contributed by atoms with E-state index in [9.17, 15) is 14.3 Å². The van der Waals surface area contributed by atoms with Crippen LogP contribution in [0.4, 0.5) is 0 Å². The molecule has 0 aliphatic carbocycles. The smallest absolute Gasteiger partial charge is 0.306 e. The fraction of sp³-hybridized carbons (Fsp3) is 0.727. The van der Waals surface area contributed by atoms with Crippen LogP contribution in [0.15, 0.2) is 85.1 Å². The summed E-state index contributed by atoms with van der Waals surface area (Å²) in [6, 6.07) is 0. The van der Waals surface area contributed by atoms with Gasteiger partial charge < -0.3 is 27.9 Å². The number of phosphoric acid groups is 1. The number of carbonyl (C=O) groups excluding carboxylic acids is 1. The van der Waals surface area contributed by atoms with Crippen LogP contribution in [0.5, 0.6) is 0 Å². The van der Waals surface area contributed by atoms with Crippen LogP contribution in [0, 0.1) is 0 Å². The lowest BCUT2D eigenvalue weighted by Gasteiger charge is -2.28. The van der Waals surface area contributed by atoms with Crippen molar-refractivity contribution in [3.63, 3.8) is 0 Å². The molecule has 0 fully saturated rings. The lowest BCUT2D eigenvalue weighted by atomic mass is 10.1. The number of nitrogens with zero attached hydrogens (tertiary/aromatic N) is 1. The molecule has 0 heterocycles. The second-order valence-corrected chi connectivity index (χ2v) is 19.6. The number of ether oxygens (including phenoxy) is 2. The van der Waals surface area contributed by atoms with Crippen LogP contribution in [0.25, 0.3) is 0 Å². The van der Waals surface area contributed by atoms with Gasteiger partial charge in [-0.15, -0.1) is 0 Å². The van der Waals surface area contributed by atoms with Crippen molar-refractivity contribution in [2.24, 2.45) is 0 Å². The third-order valence-electron chi connectivity index (χ3n) is 10.7. The molecule has 0 bridgehead atoms. The number of likely N-dealkylation sites (N-methyl/N-ethyl adjacent to an activating group) is 1. The van der Waals surface area contributed by atoms with E-state index in [1.54, 1.807) is 0 Å². The molecule has 370 valence electrons. The molecule has 0 N–H and O–H groups in total. The summed E-state index contributed by atoms with van der Waals surface area (Å²) >= 11 is 0. The average molecular weight is 916 g/mol. The minimum Gasteiger partial charge on any atom is -0.756 e. The number of hydrogen-bond donors (Lipinski definition) is 0. The number of unbranched alkanes of at least 4 members (excludes halogenated alkanes) is 19. The van der Waals surface area contributed by atoms with Crippen LogP contribution in [0.1, 0.15) is 200 Å². The molecule has 0 aromatic rings. The van der Waals surface area contributed by atoms with Gasteiger partial charge >= 0.3 is 5.97 Å². The summed E-state index contributed by atoms with van der Waals surface area (Å²) in [5, 5.41) is 0. The number of esters is 1. The Labute approximate surface area is 395 Å². The highest BCUT2D eigenvalue weighted by molar-refractivity contribution is 7.45. The SMILES string of the molecule is CC/C=C\C/C=C\C/C=C\C/C=C\C/C=C\C/C=C\CCCCCCC(=O)OC(COCCCCCCCCCC/C=C\CCCCCCCCC)COP(=O)([O-])OCC[N+](C)(C)C. The highest BCUT2D eigenvalue weighted by Crippen LogP contribution is 2.38. The molecule has 0 aromatic carbocycles. The van der Waals surface area contributed by atoms with Gasteiger partial charge in [0, 0.05) is 13.0 Å². The van der Waals surface area contributed by atoms with Gasteiger partial charge in [0.15, 0.2) is 0 Å². The van der Waals surface area contributed by atoms with Crippen LogP contribution >= 0.6 is 7.82 Å². The maximum Gasteiger partial charge on any atom is 0.306 e. The fourth-order valence-electron chi connectivity index (χ4n) is 6.72. The van der Waals surface area contributed by atoms with Gasteiger partial charge in [-0.25, -0.2) is 0 Å². The van der Waals surface area contributed by atoms with Crippen molar-refractivity contribution in [1.29, 1.82) is 0 Å². The van der Waals surface area contributed by atoms with E-state index in [-0.39, 0.29) is 32.2 Å². The van der Waals surface area contributed by atoms with Gasteiger partial charge in [0.05, 0.1) is 34.4 Å². The summed E-state index contributed by atoms with van der Waals surface area (Å²) in [4.78, 5) is 25.2. The number of carbonyl (C=O) groups is 1. The molecule has 2 atom stereocenters. The van der Waals surface area contributed by atoms with Gasteiger partial charge in [0.1, 0.15) is 19.3 Å². The summed E-state index contributed by atoms with van der Waals surface area (Å²) in [5.74, 6) is -0.361. The minimum absolute atomic E-state index is 0.0159. The quantitative estimate of drug-likeness (QED) is 0.0197. The molecular weight excluding hydrogens is 818 g/mol. The van der Waals surface area contributed by atoms with E-state index in [2.05, 4.69) is 98.9 Å². The largest absolute Gasteiger partial charge is 0.756 e. The minimum atomic E-state index is -4.54. The Kier molecular flexibility index (Phi) is 45.5. The van der Waals surface area contributed by atoms with Crippen LogP contribution in [-0.4, -0.2) is 70.7 Å². The Morgan fingerprint density at radius 1 is 0.500 bits per heavy atom. The molecule has 64 heavy (non-hydrogen) atoms. The zero-order chi connectivity index (χ0) is 46.9. The predicted molar refractivity (Wildman–Crippen MR) is 272 cm³/mol. The number of phosphoric ester groups is 1. The van der Waals surface area contributed by atoms with Gasteiger partial charge in [0.2, 0.25) is 0 Å². The normalized spacial score (nSPS) is 14.3. The molecule has 0 saturated heterocycles. The van der Waals surface area contributed by atoms with E-state index in [1.807, 2.05) is 21.1 Å². The summed E-state index contributed by atoms with van der Waals surface area (Å²) in [7, 11) is 1.33. The molecule has 0 spiro atoms. The van der Waals surface area contributed by atoms with E-state index >= 15 is 0 Å². The molecule has 0 radical (unpaired) electrons. The summed E-state index contributed by atoms with van der Waals surface area (Å²) in [5.41, 5.74) is 0. The highest BCUT2D eigenvalue weighted by Gasteiger charge is 2.20.